The molecule has 0 saturated carbocycles. The second-order valence-corrected chi connectivity index (χ2v) is 7.76. The minimum absolute atomic E-state index is 0.0475. The SMILES string of the molecule is COC(=O)c1ccc(C(=O)N2CCN(c3nc4ccc([N+](=O)[O-])cc4s3)CC2)cc1. The molecule has 0 radical (unpaired) electrons. The van der Waals surface area contributed by atoms with Crippen molar-refractivity contribution in [1.29, 1.82) is 0 Å². The number of benzene rings is 2. The zero-order chi connectivity index (χ0) is 21.3. The molecule has 9 nitrogen and oxygen atoms in total. The van der Waals surface area contributed by atoms with Crippen molar-refractivity contribution < 1.29 is 19.2 Å². The third kappa shape index (κ3) is 3.81. The van der Waals surface area contributed by atoms with E-state index in [1.807, 2.05) is 0 Å². The van der Waals surface area contributed by atoms with Crippen LogP contribution in [0, 0.1) is 10.1 Å². The standard InChI is InChI=1S/C20H18N4O5S/c1-29-19(26)14-4-2-13(3-5-14)18(25)22-8-10-23(11-9-22)20-21-16-7-6-15(24(27)28)12-17(16)30-20/h2-7,12H,8-11H2,1H3. The molecule has 2 heterocycles. The van der Waals surface area contributed by atoms with E-state index in [1.165, 1.54) is 30.6 Å². The van der Waals surface area contributed by atoms with Crippen LogP contribution in [-0.4, -0.2) is 60.0 Å². The van der Waals surface area contributed by atoms with Crippen molar-refractivity contribution in [1.82, 2.24) is 9.88 Å². The molecule has 0 unspecified atom stereocenters. The summed E-state index contributed by atoms with van der Waals surface area (Å²) < 4.78 is 5.44. The maximum atomic E-state index is 12.8. The number of ether oxygens (including phenoxy) is 1. The Morgan fingerprint density at radius 3 is 2.37 bits per heavy atom. The number of amides is 1. The molecule has 0 bridgehead atoms. The van der Waals surface area contributed by atoms with Gasteiger partial charge in [0.25, 0.3) is 11.6 Å². The van der Waals surface area contributed by atoms with E-state index in [-0.39, 0.29) is 11.6 Å². The van der Waals surface area contributed by atoms with E-state index in [4.69, 9.17) is 0 Å². The number of rotatable bonds is 4. The topological polar surface area (TPSA) is 106 Å². The summed E-state index contributed by atoms with van der Waals surface area (Å²) in [5.41, 5.74) is 1.69. The summed E-state index contributed by atoms with van der Waals surface area (Å²) in [5.74, 6) is -0.533. The first kappa shape index (κ1) is 19.8. The number of methoxy groups -OCH3 is 1. The average molecular weight is 426 g/mol. The number of anilines is 1. The Labute approximate surface area is 175 Å². The highest BCUT2D eigenvalue weighted by Gasteiger charge is 2.24. The van der Waals surface area contributed by atoms with E-state index < -0.39 is 10.9 Å². The zero-order valence-electron chi connectivity index (χ0n) is 16.1. The van der Waals surface area contributed by atoms with Gasteiger partial charge in [0.1, 0.15) is 0 Å². The molecule has 1 aromatic heterocycles. The molecule has 2 aromatic carbocycles. The third-order valence-electron chi connectivity index (χ3n) is 4.96. The van der Waals surface area contributed by atoms with Crippen molar-refractivity contribution in [2.24, 2.45) is 0 Å². The number of carbonyl (C=O) groups is 2. The summed E-state index contributed by atoms with van der Waals surface area (Å²) in [6.07, 6.45) is 0. The summed E-state index contributed by atoms with van der Waals surface area (Å²) >= 11 is 1.41. The van der Waals surface area contributed by atoms with Crippen LogP contribution in [-0.2, 0) is 4.74 Å². The molecule has 10 heteroatoms. The highest BCUT2D eigenvalue weighted by Crippen LogP contribution is 2.32. The predicted octanol–water partition coefficient (Wildman–Crippen LogP) is 2.95. The van der Waals surface area contributed by atoms with Crippen LogP contribution in [0.3, 0.4) is 0 Å². The van der Waals surface area contributed by atoms with Gasteiger partial charge in [0.2, 0.25) is 0 Å². The van der Waals surface area contributed by atoms with Crippen LogP contribution in [0.15, 0.2) is 42.5 Å². The summed E-state index contributed by atoms with van der Waals surface area (Å²) in [7, 11) is 1.31. The number of nitro groups is 1. The lowest BCUT2D eigenvalue weighted by Crippen LogP contribution is -2.48. The molecule has 30 heavy (non-hydrogen) atoms. The van der Waals surface area contributed by atoms with Gasteiger partial charge in [-0.1, -0.05) is 11.3 Å². The quantitative estimate of drug-likeness (QED) is 0.359. The van der Waals surface area contributed by atoms with Crippen LogP contribution in [0.2, 0.25) is 0 Å². The zero-order valence-corrected chi connectivity index (χ0v) is 16.9. The fourth-order valence-corrected chi connectivity index (χ4v) is 4.35. The van der Waals surface area contributed by atoms with Crippen LogP contribution in [0.1, 0.15) is 20.7 Å². The number of thiazole rings is 1. The molecule has 0 atom stereocenters. The molecular formula is C20H18N4O5S. The van der Waals surface area contributed by atoms with E-state index in [1.54, 1.807) is 35.2 Å². The maximum absolute atomic E-state index is 12.8. The van der Waals surface area contributed by atoms with Gasteiger partial charge in [0, 0.05) is 43.9 Å². The molecule has 154 valence electrons. The number of esters is 1. The first-order valence-electron chi connectivity index (χ1n) is 9.24. The number of nitrogens with zero attached hydrogens (tertiary/aromatic N) is 4. The largest absolute Gasteiger partial charge is 0.465 e. The number of carbonyl (C=O) groups excluding carboxylic acids is 2. The number of aromatic nitrogens is 1. The summed E-state index contributed by atoms with van der Waals surface area (Å²) in [5, 5.41) is 11.7. The van der Waals surface area contributed by atoms with Gasteiger partial charge < -0.3 is 14.5 Å². The minimum Gasteiger partial charge on any atom is -0.465 e. The van der Waals surface area contributed by atoms with Crippen LogP contribution in [0.25, 0.3) is 10.2 Å². The monoisotopic (exact) mass is 426 g/mol. The first-order valence-corrected chi connectivity index (χ1v) is 10.1. The van der Waals surface area contributed by atoms with Crippen molar-refractivity contribution in [2.45, 2.75) is 0 Å². The fourth-order valence-electron chi connectivity index (χ4n) is 3.30. The highest BCUT2D eigenvalue weighted by molar-refractivity contribution is 7.22. The smallest absolute Gasteiger partial charge is 0.337 e. The van der Waals surface area contributed by atoms with E-state index in [9.17, 15) is 19.7 Å². The number of hydrogen-bond donors (Lipinski definition) is 0. The summed E-state index contributed by atoms with van der Waals surface area (Å²) in [6, 6.07) is 11.1. The lowest BCUT2D eigenvalue weighted by Gasteiger charge is -2.34. The van der Waals surface area contributed by atoms with Crippen LogP contribution in [0.5, 0.6) is 0 Å². The van der Waals surface area contributed by atoms with Crippen molar-refractivity contribution in [3.8, 4) is 0 Å². The Balaban J connectivity index is 1.42. The number of hydrogen-bond acceptors (Lipinski definition) is 8. The second-order valence-electron chi connectivity index (χ2n) is 6.75. The molecule has 1 aliphatic heterocycles. The van der Waals surface area contributed by atoms with Gasteiger partial charge >= 0.3 is 5.97 Å². The highest BCUT2D eigenvalue weighted by atomic mass is 32.1. The Kier molecular flexibility index (Phi) is 5.32. The summed E-state index contributed by atoms with van der Waals surface area (Å²) in [4.78, 5) is 43.2. The molecule has 1 fully saturated rings. The lowest BCUT2D eigenvalue weighted by molar-refractivity contribution is -0.384. The molecule has 0 spiro atoms. The molecule has 1 saturated heterocycles. The normalized spacial score (nSPS) is 14.0. The fraction of sp³-hybridized carbons (Fsp3) is 0.250. The van der Waals surface area contributed by atoms with Gasteiger partial charge in [-0.2, -0.15) is 0 Å². The molecule has 0 aliphatic carbocycles. The predicted molar refractivity (Wildman–Crippen MR) is 112 cm³/mol. The van der Waals surface area contributed by atoms with Crippen LogP contribution < -0.4 is 4.90 Å². The van der Waals surface area contributed by atoms with E-state index >= 15 is 0 Å². The van der Waals surface area contributed by atoms with Gasteiger partial charge in [0.15, 0.2) is 5.13 Å². The molecule has 3 aromatic rings. The van der Waals surface area contributed by atoms with E-state index in [0.29, 0.717) is 37.3 Å². The number of piperazine rings is 1. The van der Waals surface area contributed by atoms with Gasteiger partial charge in [-0.3, -0.25) is 14.9 Å². The molecule has 1 aliphatic rings. The van der Waals surface area contributed by atoms with Gasteiger partial charge in [0.05, 0.1) is 27.8 Å². The van der Waals surface area contributed by atoms with E-state index in [0.717, 1.165) is 15.3 Å². The average Bonchev–Trinajstić information content (AvgIpc) is 3.21. The van der Waals surface area contributed by atoms with Crippen LogP contribution in [0.4, 0.5) is 10.8 Å². The molecule has 4 rings (SSSR count). The number of fused-ring (bicyclic) bond motifs is 1. The lowest BCUT2D eigenvalue weighted by atomic mass is 10.1. The van der Waals surface area contributed by atoms with Crippen molar-refractivity contribution >= 4 is 44.2 Å². The number of nitro benzene ring substituents is 1. The Morgan fingerprint density at radius 1 is 1.07 bits per heavy atom. The van der Waals surface area contributed by atoms with E-state index in [2.05, 4.69) is 14.6 Å². The summed E-state index contributed by atoms with van der Waals surface area (Å²) in [6.45, 7) is 2.31. The number of non-ortho nitro benzene ring substituents is 1. The maximum Gasteiger partial charge on any atom is 0.337 e. The van der Waals surface area contributed by atoms with Gasteiger partial charge in [-0.15, -0.1) is 0 Å². The first-order chi connectivity index (χ1) is 14.5. The third-order valence-corrected chi connectivity index (χ3v) is 6.04. The van der Waals surface area contributed by atoms with Gasteiger partial charge in [-0.05, 0) is 30.3 Å². The Morgan fingerprint density at radius 2 is 1.73 bits per heavy atom. The second kappa shape index (κ2) is 8.07. The molecule has 0 N–H and O–H groups in total. The van der Waals surface area contributed by atoms with Crippen molar-refractivity contribution in [3.05, 3.63) is 63.7 Å². The van der Waals surface area contributed by atoms with Crippen molar-refractivity contribution in [2.75, 3.05) is 38.2 Å². The Bertz CT molecular complexity index is 1120. The molecule has 1 amide bonds. The minimum atomic E-state index is -0.441. The van der Waals surface area contributed by atoms with Crippen molar-refractivity contribution in [3.63, 3.8) is 0 Å². The molecular weight excluding hydrogens is 408 g/mol. The van der Waals surface area contributed by atoms with Gasteiger partial charge in [-0.25, -0.2) is 9.78 Å². The van der Waals surface area contributed by atoms with Crippen LogP contribution >= 0.6 is 11.3 Å². The Hall–Kier alpha value is -3.53.